The lowest BCUT2D eigenvalue weighted by Gasteiger charge is -2.05. The molecule has 0 atom stereocenters. The van der Waals surface area contributed by atoms with Gasteiger partial charge in [0.2, 0.25) is 5.58 Å². The molecule has 0 N–H and O–H groups in total. The molecular formula is C14H11N3O4. The second-order valence-electron chi connectivity index (χ2n) is 4.11. The van der Waals surface area contributed by atoms with Gasteiger partial charge in [0, 0.05) is 6.07 Å². The van der Waals surface area contributed by atoms with Gasteiger partial charge < -0.3 is 13.9 Å². The van der Waals surface area contributed by atoms with Crippen LogP contribution in [0.25, 0.3) is 11.1 Å². The highest BCUT2D eigenvalue weighted by Crippen LogP contribution is 2.22. The minimum atomic E-state index is -0.493. The topological polar surface area (TPSA) is 87.3 Å². The Bertz CT molecular complexity index is 784. The van der Waals surface area contributed by atoms with E-state index < -0.39 is 5.97 Å². The summed E-state index contributed by atoms with van der Waals surface area (Å²) in [6.45, 7) is 0.150. The van der Waals surface area contributed by atoms with Crippen molar-refractivity contribution in [1.82, 2.24) is 15.0 Å². The number of ether oxygens (including phenoxy) is 2. The molecule has 106 valence electrons. The van der Waals surface area contributed by atoms with Crippen molar-refractivity contribution in [2.45, 2.75) is 6.61 Å². The standard InChI is InChI=1S/C14H11N3O4/c1-19-14(18)11-4-2-3-9(17-11)7-21-13-12-10(5-6-20-12)15-8-16-13/h2-6,8H,7H2,1H3. The highest BCUT2D eigenvalue weighted by Gasteiger charge is 2.10. The predicted molar refractivity (Wildman–Crippen MR) is 71.7 cm³/mol. The van der Waals surface area contributed by atoms with Crippen molar-refractivity contribution < 1.29 is 18.7 Å². The molecule has 3 rings (SSSR count). The van der Waals surface area contributed by atoms with Crippen molar-refractivity contribution in [3.8, 4) is 5.88 Å². The smallest absolute Gasteiger partial charge is 0.356 e. The number of hydrogen-bond acceptors (Lipinski definition) is 7. The molecule has 0 aromatic carbocycles. The van der Waals surface area contributed by atoms with E-state index >= 15 is 0 Å². The van der Waals surface area contributed by atoms with Gasteiger partial charge in [-0.3, -0.25) is 0 Å². The van der Waals surface area contributed by atoms with E-state index in [9.17, 15) is 4.79 Å². The normalized spacial score (nSPS) is 10.5. The summed E-state index contributed by atoms with van der Waals surface area (Å²) in [6, 6.07) is 6.75. The molecule has 21 heavy (non-hydrogen) atoms. The summed E-state index contributed by atoms with van der Waals surface area (Å²) >= 11 is 0. The average molecular weight is 285 g/mol. The number of nitrogens with zero attached hydrogens (tertiary/aromatic N) is 3. The molecule has 0 bridgehead atoms. The lowest BCUT2D eigenvalue weighted by atomic mass is 10.3. The van der Waals surface area contributed by atoms with Gasteiger partial charge >= 0.3 is 5.97 Å². The number of fused-ring (bicyclic) bond motifs is 1. The van der Waals surface area contributed by atoms with Gasteiger partial charge in [-0.2, -0.15) is 4.98 Å². The molecule has 3 heterocycles. The van der Waals surface area contributed by atoms with Gasteiger partial charge in [0.25, 0.3) is 5.88 Å². The van der Waals surface area contributed by atoms with Crippen molar-refractivity contribution in [1.29, 1.82) is 0 Å². The predicted octanol–water partition coefficient (Wildman–Crippen LogP) is 1.98. The molecule has 0 spiro atoms. The zero-order chi connectivity index (χ0) is 14.7. The first kappa shape index (κ1) is 13.0. The van der Waals surface area contributed by atoms with Gasteiger partial charge in [0.1, 0.15) is 24.1 Å². The Morgan fingerprint density at radius 3 is 3.05 bits per heavy atom. The SMILES string of the molecule is COC(=O)c1cccc(COc2ncnc3ccoc23)n1. The molecule has 7 heteroatoms. The van der Waals surface area contributed by atoms with E-state index in [4.69, 9.17) is 9.15 Å². The molecule has 0 saturated carbocycles. The Kier molecular flexibility index (Phi) is 3.46. The van der Waals surface area contributed by atoms with Gasteiger partial charge in [-0.15, -0.1) is 0 Å². The van der Waals surface area contributed by atoms with Crippen LogP contribution in [0.1, 0.15) is 16.2 Å². The van der Waals surface area contributed by atoms with E-state index in [1.54, 1.807) is 24.3 Å². The summed E-state index contributed by atoms with van der Waals surface area (Å²) in [5.74, 6) is -0.164. The van der Waals surface area contributed by atoms with Crippen molar-refractivity contribution in [3.05, 3.63) is 48.2 Å². The number of aromatic nitrogens is 3. The van der Waals surface area contributed by atoms with Crippen molar-refractivity contribution in [3.63, 3.8) is 0 Å². The van der Waals surface area contributed by atoms with Gasteiger partial charge in [-0.05, 0) is 12.1 Å². The quantitative estimate of drug-likeness (QED) is 0.677. The second kappa shape index (κ2) is 5.58. The van der Waals surface area contributed by atoms with E-state index in [-0.39, 0.29) is 12.3 Å². The molecule has 0 aliphatic heterocycles. The number of hydrogen-bond donors (Lipinski definition) is 0. The third-order valence-corrected chi connectivity index (χ3v) is 2.77. The van der Waals surface area contributed by atoms with E-state index in [2.05, 4.69) is 19.7 Å². The van der Waals surface area contributed by atoms with Crippen molar-refractivity contribution in [2.24, 2.45) is 0 Å². The third kappa shape index (κ3) is 2.66. The number of pyridine rings is 1. The van der Waals surface area contributed by atoms with Crippen LogP contribution < -0.4 is 4.74 Å². The lowest BCUT2D eigenvalue weighted by Crippen LogP contribution is -2.07. The molecule has 7 nitrogen and oxygen atoms in total. The minimum Gasteiger partial charge on any atom is -0.468 e. The molecular weight excluding hydrogens is 274 g/mol. The largest absolute Gasteiger partial charge is 0.468 e. The maximum atomic E-state index is 11.4. The first-order valence-electron chi connectivity index (χ1n) is 6.13. The highest BCUT2D eigenvalue weighted by molar-refractivity contribution is 5.87. The van der Waals surface area contributed by atoms with E-state index in [0.717, 1.165) is 0 Å². The van der Waals surface area contributed by atoms with Crippen LogP contribution in [0.3, 0.4) is 0 Å². The summed E-state index contributed by atoms with van der Waals surface area (Å²) in [7, 11) is 1.31. The zero-order valence-corrected chi connectivity index (χ0v) is 11.1. The molecule has 0 fully saturated rings. The molecule has 0 saturated heterocycles. The summed E-state index contributed by atoms with van der Waals surface area (Å²) < 4.78 is 15.5. The Morgan fingerprint density at radius 1 is 1.29 bits per heavy atom. The average Bonchev–Trinajstić information content (AvgIpc) is 3.01. The van der Waals surface area contributed by atoms with Crippen LogP contribution in [0.5, 0.6) is 5.88 Å². The fourth-order valence-electron chi connectivity index (χ4n) is 1.79. The number of furan rings is 1. The summed E-state index contributed by atoms with van der Waals surface area (Å²) in [5.41, 5.74) is 1.94. The molecule has 0 unspecified atom stereocenters. The fourth-order valence-corrected chi connectivity index (χ4v) is 1.79. The summed E-state index contributed by atoms with van der Waals surface area (Å²) in [4.78, 5) is 23.6. The second-order valence-corrected chi connectivity index (χ2v) is 4.11. The molecule has 0 aliphatic carbocycles. The van der Waals surface area contributed by atoms with Crippen LogP contribution in [0, 0.1) is 0 Å². The van der Waals surface area contributed by atoms with Crippen LogP contribution in [0.15, 0.2) is 41.3 Å². The van der Waals surface area contributed by atoms with Gasteiger partial charge in [-0.1, -0.05) is 6.07 Å². The monoisotopic (exact) mass is 285 g/mol. The van der Waals surface area contributed by atoms with Crippen LogP contribution in [-0.4, -0.2) is 28.0 Å². The highest BCUT2D eigenvalue weighted by atomic mass is 16.5. The van der Waals surface area contributed by atoms with Gasteiger partial charge in [-0.25, -0.2) is 14.8 Å². The molecule has 0 radical (unpaired) electrons. The molecule has 3 aromatic rings. The number of carbonyl (C=O) groups is 1. The Balaban J connectivity index is 1.79. The molecule has 3 aromatic heterocycles. The first-order valence-corrected chi connectivity index (χ1v) is 6.13. The summed E-state index contributed by atoms with van der Waals surface area (Å²) in [5, 5.41) is 0. The van der Waals surface area contributed by atoms with Crippen LogP contribution in [0.4, 0.5) is 0 Å². The van der Waals surface area contributed by atoms with Gasteiger partial charge in [0.15, 0.2) is 0 Å². The van der Waals surface area contributed by atoms with Crippen LogP contribution in [-0.2, 0) is 11.3 Å². The number of esters is 1. The third-order valence-electron chi connectivity index (χ3n) is 2.77. The van der Waals surface area contributed by atoms with Crippen molar-refractivity contribution >= 4 is 17.1 Å². The first-order chi connectivity index (χ1) is 10.3. The maximum absolute atomic E-state index is 11.4. The molecule has 0 aliphatic rings. The zero-order valence-electron chi connectivity index (χ0n) is 11.1. The fraction of sp³-hybridized carbons (Fsp3) is 0.143. The van der Waals surface area contributed by atoms with E-state index in [1.807, 2.05) is 0 Å². The van der Waals surface area contributed by atoms with Crippen LogP contribution in [0.2, 0.25) is 0 Å². The van der Waals surface area contributed by atoms with E-state index in [1.165, 1.54) is 19.7 Å². The van der Waals surface area contributed by atoms with Gasteiger partial charge in [0.05, 0.1) is 19.1 Å². The number of methoxy groups -OCH3 is 1. The maximum Gasteiger partial charge on any atom is 0.356 e. The number of rotatable bonds is 4. The Labute approximate surface area is 119 Å². The Morgan fingerprint density at radius 2 is 2.19 bits per heavy atom. The van der Waals surface area contributed by atoms with Crippen LogP contribution >= 0.6 is 0 Å². The number of carbonyl (C=O) groups excluding carboxylic acids is 1. The minimum absolute atomic E-state index is 0.150. The summed E-state index contributed by atoms with van der Waals surface area (Å²) in [6.07, 6.45) is 2.91. The Hall–Kier alpha value is -2.96. The van der Waals surface area contributed by atoms with Crippen molar-refractivity contribution in [2.75, 3.05) is 7.11 Å². The van der Waals surface area contributed by atoms with E-state index in [0.29, 0.717) is 22.7 Å². The lowest BCUT2D eigenvalue weighted by molar-refractivity contribution is 0.0593. The molecule has 0 amide bonds.